The molecule has 6 nitrogen and oxygen atoms in total. The van der Waals surface area contributed by atoms with Gasteiger partial charge in [-0.15, -0.1) is 0 Å². The minimum absolute atomic E-state index is 0.0407. The highest BCUT2D eigenvalue weighted by Crippen LogP contribution is 2.25. The van der Waals surface area contributed by atoms with Crippen molar-refractivity contribution in [1.82, 2.24) is 10.3 Å². The highest BCUT2D eigenvalue weighted by atomic mass is 32.1. The van der Waals surface area contributed by atoms with Gasteiger partial charge >= 0.3 is 12.0 Å². The van der Waals surface area contributed by atoms with Crippen LogP contribution in [0.15, 0.2) is 24.3 Å². The van der Waals surface area contributed by atoms with Gasteiger partial charge in [-0.1, -0.05) is 23.5 Å². The minimum Gasteiger partial charge on any atom is -0.481 e. The Hall–Kier alpha value is -2.15. The van der Waals surface area contributed by atoms with Crippen LogP contribution in [0.25, 0.3) is 10.2 Å². The maximum atomic E-state index is 11.7. The zero-order valence-corrected chi connectivity index (χ0v) is 12.0. The number of fused-ring (bicyclic) bond motifs is 1. The fourth-order valence-electron chi connectivity index (χ4n) is 1.44. The lowest BCUT2D eigenvalue weighted by molar-refractivity contribution is -0.146. The number of amides is 2. The first-order valence-corrected chi connectivity index (χ1v) is 6.84. The summed E-state index contributed by atoms with van der Waals surface area (Å²) >= 11 is 1.37. The van der Waals surface area contributed by atoms with E-state index in [0.717, 1.165) is 10.2 Å². The van der Waals surface area contributed by atoms with E-state index in [4.69, 9.17) is 5.11 Å². The number of nitrogens with one attached hydrogen (secondary N) is 2. The van der Waals surface area contributed by atoms with Gasteiger partial charge in [-0.05, 0) is 26.0 Å². The second-order valence-electron chi connectivity index (χ2n) is 4.98. The summed E-state index contributed by atoms with van der Waals surface area (Å²) in [5.41, 5.74) is -0.191. The van der Waals surface area contributed by atoms with Gasteiger partial charge < -0.3 is 10.4 Å². The van der Waals surface area contributed by atoms with Gasteiger partial charge in [-0.2, -0.15) is 0 Å². The van der Waals surface area contributed by atoms with Gasteiger partial charge in [0.2, 0.25) is 0 Å². The average molecular weight is 293 g/mol. The first-order chi connectivity index (χ1) is 9.38. The highest BCUT2D eigenvalue weighted by Gasteiger charge is 2.27. The van der Waals surface area contributed by atoms with Crippen molar-refractivity contribution in [2.45, 2.75) is 13.8 Å². The quantitative estimate of drug-likeness (QED) is 0.807. The molecule has 7 heteroatoms. The van der Waals surface area contributed by atoms with Crippen LogP contribution in [0.3, 0.4) is 0 Å². The number of carbonyl (C=O) groups is 2. The number of para-hydroxylation sites is 1. The number of anilines is 1. The topological polar surface area (TPSA) is 91.3 Å². The molecule has 20 heavy (non-hydrogen) atoms. The number of thiazole rings is 1. The number of hydrogen-bond donors (Lipinski definition) is 3. The number of aromatic nitrogens is 1. The van der Waals surface area contributed by atoms with Crippen molar-refractivity contribution in [3.63, 3.8) is 0 Å². The molecule has 0 atom stereocenters. The number of carboxylic acid groups (broad SMARTS) is 1. The zero-order valence-electron chi connectivity index (χ0n) is 11.1. The van der Waals surface area contributed by atoms with Crippen LogP contribution in [0.4, 0.5) is 9.93 Å². The Bertz CT molecular complexity index is 618. The molecule has 0 saturated carbocycles. The Balaban J connectivity index is 1.96. The van der Waals surface area contributed by atoms with E-state index in [2.05, 4.69) is 15.6 Å². The van der Waals surface area contributed by atoms with Gasteiger partial charge in [-0.25, -0.2) is 9.78 Å². The Morgan fingerprint density at radius 2 is 2.05 bits per heavy atom. The second-order valence-corrected chi connectivity index (χ2v) is 6.01. The first kappa shape index (κ1) is 14.3. The van der Waals surface area contributed by atoms with E-state index in [1.54, 1.807) is 13.8 Å². The lowest BCUT2D eigenvalue weighted by Crippen LogP contribution is -2.40. The largest absolute Gasteiger partial charge is 0.481 e. The van der Waals surface area contributed by atoms with Crippen molar-refractivity contribution < 1.29 is 14.7 Å². The van der Waals surface area contributed by atoms with Crippen LogP contribution in [-0.4, -0.2) is 28.6 Å². The lowest BCUT2D eigenvalue weighted by atomic mass is 9.94. The Labute approximate surface area is 119 Å². The first-order valence-electron chi connectivity index (χ1n) is 6.02. The standard InChI is InChI=1S/C13H15N3O3S/c1-13(2,10(17)18)7-14-11(19)16-12-15-8-5-3-4-6-9(8)20-12/h3-6H,7H2,1-2H3,(H,17,18)(H2,14,15,16,19). The van der Waals surface area contributed by atoms with Crippen LogP contribution in [0.2, 0.25) is 0 Å². The van der Waals surface area contributed by atoms with Crippen LogP contribution >= 0.6 is 11.3 Å². The molecule has 3 N–H and O–H groups in total. The summed E-state index contributed by atoms with van der Waals surface area (Å²) in [6, 6.07) is 7.10. The molecule has 0 aliphatic carbocycles. The number of carbonyl (C=O) groups excluding carboxylic acids is 1. The Morgan fingerprint density at radius 1 is 1.35 bits per heavy atom. The predicted molar refractivity (Wildman–Crippen MR) is 78.1 cm³/mol. The summed E-state index contributed by atoms with van der Waals surface area (Å²) in [7, 11) is 0. The molecule has 0 aliphatic rings. The summed E-state index contributed by atoms with van der Waals surface area (Å²) in [6.45, 7) is 3.14. The second kappa shape index (κ2) is 5.46. The van der Waals surface area contributed by atoms with E-state index in [1.165, 1.54) is 11.3 Å². The van der Waals surface area contributed by atoms with Gasteiger partial charge in [0.1, 0.15) is 0 Å². The molecule has 1 aromatic heterocycles. The van der Waals surface area contributed by atoms with E-state index in [-0.39, 0.29) is 6.54 Å². The average Bonchev–Trinajstić information content (AvgIpc) is 2.78. The van der Waals surface area contributed by atoms with Crippen molar-refractivity contribution in [2.75, 3.05) is 11.9 Å². The smallest absolute Gasteiger partial charge is 0.321 e. The number of nitrogens with zero attached hydrogens (tertiary/aromatic N) is 1. The number of benzene rings is 1. The van der Waals surface area contributed by atoms with Gasteiger partial charge in [0.15, 0.2) is 5.13 Å². The van der Waals surface area contributed by atoms with Crippen molar-refractivity contribution in [3.05, 3.63) is 24.3 Å². The van der Waals surface area contributed by atoms with Gasteiger partial charge in [0.05, 0.1) is 15.6 Å². The number of aliphatic carboxylic acids is 1. The van der Waals surface area contributed by atoms with Crippen molar-refractivity contribution in [1.29, 1.82) is 0 Å². The van der Waals surface area contributed by atoms with E-state index < -0.39 is 17.4 Å². The third-order valence-corrected chi connectivity index (χ3v) is 3.74. The number of rotatable bonds is 4. The fraction of sp³-hybridized carbons (Fsp3) is 0.308. The van der Waals surface area contributed by atoms with Gasteiger partial charge in [-0.3, -0.25) is 10.1 Å². The maximum Gasteiger partial charge on any atom is 0.321 e. The molecule has 0 saturated heterocycles. The fourth-order valence-corrected chi connectivity index (χ4v) is 2.30. The van der Waals surface area contributed by atoms with E-state index >= 15 is 0 Å². The van der Waals surface area contributed by atoms with Crippen molar-refractivity contribution >= 4 is 38.7 Å². The number of urea groups is 1. The van der Waals surface area contributed by atoms with Crippen molar-refractivity contribution in [2.24, 2.45) is 5.41 Å². The minimum atomic E-state index is -1.01. The summed E-state index contributed by atoms with van der Waals surface area (Å²) < 4.78 is 0.980. The predicted octanol–water partition coefficient (Wildman–Crippen LogP) is 2.53. The van der Waals surface area contributed by atoms with Gasteiger partial charge in [0.25, 0.3) is 0 Å². The third kappa shape index (κ3) is 3.24. The van der Waals surface area contributed by atoms with E-state index in [1.807, 2.05) is 24.3 Å². The highest BCUT2D eigenvalue weighted by molar-refractivity contribution is 7.22. The summed E-state index contributed by atoms with van der Waals surface area (Å²) in [6.07, 6.45) is 0. The molecule has 0 fully saturated rings. The molecule has 1 heterocycles. The van der Waals surface area contributed by atoms with Crippen LogP contribution < -0.4 is 10.6 Å². The molecule has 2 aromatic rings. The van der Waals surface area contributed by atoms with E-state index in [9.17, 15) is 9.59 Å². The van der Waals surface area contributed by atoms with Crippen LogP contribution in [0, 0.1) is 5.41 Å². The Kier molecular flexibility index (Phi) is 3.89. The van der Waals surface area contributed by atoms with Crippen LogP contribution in [-0.2, 0) is 4.79 Å². The summed E-state index contributed by atoms with van der Waals surface area (Å²) in [5, 5.41) is 14.6. The van der Waals surface area contributed by atoms with Crippen molar-refractivity contribution in [3.8, 4) is 0 Å². The molecule has 0 aliphatic heterocycles. The molecule has 0 spiro atoms. The molecule has 2 rings (SSSR count). The molecule has 1 aromatic carbocycles. The lowest BCUT2D eigenvalue weighted by Gasteiger charge is -2.19. The SMILES string of the molecule is CC(C)(CNC(=O)Nc1nc2ccccc2s1)C(=O)O. The summed E-state index contributed by atoms with van der Waals surface area (Å²) in [4.78, 5) is 26.9. The van der Waals surface area contributed by atoms with Gasteiger partial charge in [0, 0.05) is 6.54 Å². The molecule has 2 amide bonds. The van der Waals surface area contributed by atoms with Crippen LogP contribution in [0.1, 0.15) is 13.8 Å². The van der Waals surface area contributed by atoms with E-state index in [0.29, 0.717) is 5.13 Å². The third-order valence-electron chi connectivity index (χ3n) is 2.78. The molecule has 0 bridgehead atoms. The number of hydrogen-bond acceptors (Lipinski definition) is 4. The Morgan fingerprint density at radius 3 is 2.70 bits per heavy atom. The number of carboxylic acids is 1. The maximum absolute atomic E-state index is 11.7. The monoisotopic (exact) mass is 293 g/mol. The normalized spacial score (nSPS) is 11.3. The summed E-state index contributed by atoms with van der Waals surface area (Å²) in [5.74, 6) is -0.960. The molecular formula is C13H15N3O3S. The zero-order chi connectivity index (χ0) is 14.8. The molecule has 0 unspecified atom stereocenters. The molecular weight excluding hydrogens is 278 g/mol. The molecule has 106 valence electrons. The van der Waals surface area contributed by atoms with Crippen LogP contribution in [0.5, 0.6) is 0 Å². The molecule has 0 radical (unpaired) electrons.